The molecule has 2 amide bonds. The fraction of sp³-hybridized carbons (Fsp3) is 0.312. The van der Waals surface area contributed by atoms with Crippen molar-refractivity contribution in [3.63, 3.8) is 0 Å². The van der Waals surface area contributed by atoms with Gasteiger partial charge in [-0.05, 0) is 12.5 Å². The van der Waals surface area contributed by atoms with Crippen LogP contribution in [-0.2, 0) is 11.3 Å². The van der Waals surface area contributed by atoms with Crippen LogP contribution in [0.2, 0.25) is 0 Å². The maximum absolute atomic E-state index is 12.4. The zero-order valence-electron chi connectivity index (χ0n) is 12.7. The number of nitrogens with zero attached hydrogens (tertiary/aromatic N) is 2. The fourth-order valence-electron chi connectivity index (χ4n) is 2.37. The Morgan fingerprint density at radius 3 is 2.87 bits per heavy atom. The maximum Gasteiger partial charge on any atom is 0.293 e. The first-order chi connectivity index (χ1) is 11.1. The molecular weight excluding hydrogens is 314 g/mol. The number of rotatable bonds is 4. The highest BCUT2D eigenvalue weighted by molar-refractivity contribution is 7.99. The summed E-state index contributed by atoms with van der Waals surface area (Å²) >= 11 is 1.55. The zero-order chi connectivity index (χ0) is 16.2. The Hall–Kier alpha value is -2.28. The van der Waals surface area contributed by atoms with Crippen LogP contribution in [0, 0.1) is 6.92 Å². The number of amides is 2. The van der Waals surface area contributed by atoms with Crippen molar-refractivity contribution >= 4 is 23.6 Å². The third-order valence-electron chi connectivity index (χ3n) is 3.59. The molecule has 0 aliphatic carbocycles. The normalized spacial score (nSPS) is 17.3. The lowest BCUT2D eigenvalue weighted by Crippen LogP contribution is -2.47. The SMILES string of the molecule is Cc1cc(C(=O)N2CSC[C@@H]2C(=O)NCc2ccccc2)on1. The van der Waals surface area contributed by atoms with Crippen molar-refractivity contribution in [2.75, 3.05) is 11.6 Å². The number of thioether (sulfide) groups is 1. The molecule has 0 bridgehead atoms. The van der Waals surface area contributed by atoms with E-state index in [2.05, 4.69) is 10.5 Å². The quantitative estimate of drug-likeness (QED) is 0.925. The lowest BCUT2D eigenvalue weighted by molar-refractivity contribution is -0.124. The van der Waals surface area contributed by atoms with Gasteiger partial charge in [-0.25, -0.2) is 0 Å². The van der Waals surface area contributed by atoms with Crippen molar-refractivity contribution in [2.24, 2.45) is 0 Å². The van der Waals surface area contributed by atoms with Crippen LogP contribution in [0.15, 0.2) is 40.9 Å². The largest absolute Gasteiger partial charge is 0.351 e. The third kappa shape index (κ3) is 3.56. The number of aryl methyl sites for hydroxylation is 1. The van der Waals surface area contributed by atoms with Crippen LogP contribution in [0.3, 0.4) is 0 Å². The topological polar surface area (TPSA) is 75.4 Å². The number of hydrogen-bond acceptors (Lipinski definition) is 5. The zero-order valence-corrected chi connectivity index (χ0v) is 13.5. The van der Waals surface area contributed by atoms with Gasteiger partial charge in [-0.2, -0.15) is 0 Å². The molecule has 7 heteroatoms. The molecule has 3 rings (SSSR count). The first kappa shape index (κ1) is 15.6. The standard InChI is InChI=1S/C16H17N3O3S/c1-11-7-14(22-18-11)16(21)19-10-23-9-13(19)15(20)17-8-12-5-3-2-4-6-12/h2-7,13H,8-10H2,1H3,(H,17,20)/t13-/m1/s1. The van der Waals surface area contributed by atoms with Crippen LogP contribution in [0.1, 0.15) is 21.8 Å². The van der Waals surface area contributed by atoms with Crippen molar-refractivity contribution in [3.05, 3.63) is 53.4 Å². The summed E-state index contributed by atoms with van der Waals surface area (Å²) in [4.78, 5) is 26.4. The van der Waals surface area contributed by atoms with Crippen molar-refractivity contribution in [3.8, 4) is 0 Å². The summed E-state index contributed by atoms with van der Waals surface area (Å²) < 4.78 is 5.01. The summed E-state index contributed by atoms with van der Waals surface area (Å²) in [5, 5.41) is 6.62. The van der Waals surface area contributed by atoms with Gasteiger partial charge in [0.25, 0.3) is 5.91 Å². The molecule has 1 aromatic heterocycles. The summed E-state index contributed by atoms with van der Waals surface area (Å²) in [5.74, 6) is 0.784. The minimum absolute atomic E-state index is 0.150. The number of benzene rings is 1. The second-order valence-corrected chi connectivity index (χ2v) is 6.33. The summed E-state index contributed by atoms with van der Waals surface area (Å²) in [6, 6.07) is 10.8. The summed E-state index contributed by atoms with van der Waals surface area (Å²) in [7, 11) is 0. The van der Waals surface area contributed by atoms with Gasteiger partial charge in [0, 0.05) is 18.4 Å². The minimum Gasteiger partial charge on any atom is -0.351 e. The van der Waals surface area contributed by atoms with E-state index in [1.54, 1.807) is 24.8 Å². The molecule has 1 aliphatic rings. The van der Waals surface area contributed by atoms with Crippen LogP contribution in [-0.4, -0.2) is 39.5 Å². The first-order valence-electron chi connectivity index (χ1n) is 7.29. The van der Waals surface area contributed by atoms with E-state index in [0.29, 0.717) is 23.9 Å². The highest BCUT2D eigenvalue weighted by Crippen LogP contribution is 2.23. The average Bonchev–Trinajstić information content (AvgIpc) is 3.22. The number of hydrogen-bond donors (Lipinski definition) is 1. The van der Waals surface area contributed by atoms with Gasteiger partial charge in [-0.1, -0.05) is 35.5 Å². The van der Waals surface area contributed by atoms with Crippen molar-refractivity contribution in [2.45, 2.75) is 19.5 Å². The van der Waals surface area contributed by atoms with Gasteiger partial charge in [0.15, 0.2) is 0 Å². The molecule has 0 radical (unpaired) electrons. The van der Waals surface area contributed by atoms with Crippen LogP contribution in [0.4, 0.5) is 0 Å². The van der Waals surface area contributed by atoms with Gasteiger partial charge >= 0.3 is 0 Å². The molecular formula is C16H17N3O3S. The molecule has 0 spiro atoms. The van der Waals surface area contributed by atoms with Gasteiger partial charge in [0.05, 0.1) is 11.6 Å². The Balaban J connectivity index is 1.64. The summed E-state index contributed by atoms with van der Waals surface area (Å²) in [5.41, 5.74) is 1.67. The van der Waals surface area contributed by atoms with Crippen LogP contribution in [0.5, 0.6) is 0 Å². The molecule has 1 atom stereocenters. The average molecular weight is 331 g/mol. The van der Waals surface area contributed by atoms with E-state index in [9.17, 15) is 9.59 Å². The van der Waals surface area contributed by atoms with Gasteiger partial charge in [0.2, 0.25) is 11.7 Å². The molecule has 1 N–H and O–H groups in total. The van der Waals surface area contributed by atoms with Crippen molar-refractivity contribution in [1.82, 2.24) is 15.4 Å². The van der Waals surface area contributed by atoms with E-state index in [-0.39, 0.29) is 17.6 Å². The number of carbonyl (C=O) groups is 2. The van der Waals surface area contributed by atoms with Gasteiger partial charge in [-0.15, -0.1) is 11.8 Å². The lowest BCUT2D eigenvalue weighted by Gasteiger charge is -2.21. The molecule has 0 saturated carbocycles. The Morgan fingerprint density at radius 1 is 1.39 bits per heavy atom. The number of nitrogens with one attached hydrogen (secondary N) is 1. The molecule has 1 aliphatic heterocycles. The molecule has 6 nitrogen and oxygen atoms in total. The number of carbonyl (C=O) groups excluding carboxylic acids is 2. The second kappa shape index (κ2) is 6.87. The van der Waals surface area contributed by atoms with Crippen molar-refractivity contribution < 1.29 is 14.1 Å². The highest BCUT2D eigenvalue weighted by Gasteiger charge is 2.36. The Bertz CT molecular complexity index is 702. The molecule has 2 aromatic rings. The van der Waals surface area contributed by atoms with E-state index < -0.39 is 6.04 Å². The first-order valence-corrected chi connectivity index (χ1v) is 8.44. The van der Waals surface area contributed by atoms with Gasteiger partial charge in [0.1, 0.15) is 6.04 Å². The van der Waals surface area contributed by atoms with E-state index in [1.165, 1.54) is 4.90 Å². The maximum atomic E-state index is 12.4. The van der Waals surface area contributed by atoms with Gasteiger partial charge in [-0.3, -0.25) is 9.59 Å². The van der Waals surface area contributed by atoms with Crippen LogP contribution >= 0.6 is 11.8 Å². The molecule has 1 saturated heterocycles. The lowest BCUT2D eigenvalue weighted by atomic mass is 10.2. The predicted molar refractivity (Wildman–Crippen MR) is 86.8 cm³/mol. The Morgan fingerprint density at radius 2 is 2.17 bits per heavy atom. The monoisotopic (exact) mass is 331 g/mol. The molecule has 2 heterocycles. The van der Waals surface area contributed by atoms with E-state index in [1.807, 2.05) is 30.3 Å². The molecule has 120 valence electrons. The number of aromatic nitrogens is 1. The van der Waals surface area contributed by atoms with Gasteiger partial charge < -0.3 is 14.7 Å². The molecule has 1 aromatic carbocycles. The molecule has 0 unspecified atom stereocenters. The minimum atomic E-state index is -0.485. The van der Waals surface area contributed by atoms with Crippen molar-refractivity contribution in [1.29, 1.82) is 0 Å². The molecule has 23 heavy (non-hydrogen) atoms. The van der Waals surface area contributed by atoms with E-state index >= 15 is 0 Å². The Labute approximate surface area is 138 Å². The van der Waals surface area contributed by atoms with Crippen LogP contribution < -0.4 is 5.32 Å². The summed E-state index contributed by atoms with van der Waals surface area (Å²) in [6.45, 7) is 2.20. The fourth-order valence-corrected chi connectivity index (χ4v) is 3.52. The Kier molecular flexibility index (Phi) is 4.66. The smallest absolute Gasteiger partial charge is 0.293 e. The third-order valence-corrected chi connectivity index (χ3v) is 4.61. The van der Waals surface area contributed by atoms with Crippen LogP contribution in [0.25, 0.3) is 0 Å². The predicted octanol–water partition coefficient (Wildman–Crippen LogP) is 1.81. The van der Waals surface area contributed by atoms with E-state index in [4.69, 9.17) is 4.52 Å². The second-order valence-electron chi connectivity index (χ2n) is 5.33. The highest BCUT2D eigenvalue weighted by atomic mass is 32.2. The molecule has 1 fully saturated rings. The summed E-state index contributed by atoms with van der Waals surface area (Å²) in [6.07, 6.45) is 0. The van der Waals surface area contributed by atoms with E-state index in [0.717, 1.165) is 5.56 Å².